The van der Waals surface area contributed by atoms with Crippen LogP contribution in [0.25, 0.3) is 17.7 Å². The maximum atomic E-state index is 13.5. The molecule has 4 aromatic carbocycles. The van der Waals surface area contributed by atoms with Gasteiger partial charge in [-0.05, 0) is 122 Å². The van der Waals surface area contributed by atoms with Crippen LogP contribution in [0.3, 0.4) is 0 Å². The van der Waals surface area contributed by atoms with Crippen molar-refractivity contribution in [3.63, 3.8) is 0 Å². The second kappa shape index (κ2) is 29.3. The van der Waals surface area contributed by atoms with Crippen LogP contribution in [0, 0.1) is 34.9 Å². The Balaban J connectivity index is 0.000000207. The Kier molecular flexibility index (Phi) is 21.8. The number of hydrogen-bond donors (Lipinski definition) is 5. The van der Waals surface area contributed by atoms with Crippen LogP contribution in [-0.2, 0) is 33.9 Å². The van der Waals surface area contributed by atoms with E-state index < -0.39 is 57.8 Å². The first-order valence-corrected chi connectivity index (χ1v) is 26.9. The van der Waals surface area contributed by atoms with Crippen molar-refractivity contribution in [2.24, 2.45) is 0 Å². The lowest BCUT2D eigenvalue weighted by molar-refractivity contribution is -0.121. The van der Waals surface area contributed by atoms with Gasteiger partial charge in [-0.2, -0.15) is 0 Å². The Labute approximate surface area is 479 Å². The van der Waals surface area contributed by atoms with Crippen LogP contribution in [-0.4, -0.2) is 113 Å². The lowest BCUT2D eigenvalue weighted by Crippen LogP contribution is -2.33. The highest BCUT2D eigenvalue weighted by Crippen LogP contribution is 2.37. The molecule has 0 bridgehead atoms. The van der Waals surface area contributed by atoms with E-state index in [-0.39, 0.29) is 66.9 Å². The quantitative estimate of drug-likeness (QED) is 0.0459. The predicted octanol–water partition coefficient (Wildman–Crippen LogP) is 7.72. The summed E-state index contributed by atoms with van der Waals surface area (Å²) in [7, 11) is 4.12. The third-order valence-corrected chi connectivity index (χ3v) is 13.7. The van der Waals surface area contributed by atoms with Gasteiger partial charge in [0.1, 0.15) is 16.9 Å². The first kappa shape index (κ1) is 62.6. The molecule has 0 spiro atoms. The van der Waals surface area contributed by atoms with E-state index in [1.807, 2.05) is 43.4 Å². The summed E-state index contributed by atoms with van der Waals surface area (Å²) < 4.78 is 82.5. The van der Waals surface area contributed by atoms with Crippen LogP contribution in [0.15, 0.2) is 125 Å². The number of pyridine rings is 2. The molecule has 0 radical (unpaired) electrons. The highest BCUT2D eigenvalue weighted by atomic mass is 19.2. The molecule has 84 heavy (non-hydrogen) atoms. The molecule has 4 aliphatic heterocycles. The molecule has 16 nitrogen and oxygen atoms in total. The minimum absolute atomic E-state index is 0.0409. The number of aromatic nitrogens is 2. The van der Waals surface area contributed by atoms with Crippen molar-refractivity contribution in [2.45, 2.75) is 52.1 Å². The zero-order valence-electron chi connectivity index (χ0n) is 46.3. The van der Waals surface area contributed by atoms with Crippen LogP contribution < -0.4 is 32.4 Å². The molecule has 4 aliphatic rings. The molecule has 2 fully saturated rings. The summed E-state index contributed by atoms with van der Waals surface area (Å²) in [6.45, 7) is 5.51. The number of hydrogen-bond acceptors (Lipinski definition) is 10. The summed E-state index contributed by atoms with van der Waals surface area (Å²) in [5, 5.41) is 18.5. The van der Waals surface area contributed by atoms with Crippen molar-refractivity contribution in [1.82, 2.24) is 29.6 Å². The number of carbonyl (C=O) groups is 5. The van der Waals surface area contributed by atoms with E-state index in [1.54, 1.807) is 31.2 Å². The topological polar surface area (TPSA) is 204 Å². The fourth-order valence-corrected chi connectivity index (χ4v) is 9.33. The van der Waals surface area contributed by atoms with Crippen LogP contribution in [0.4, 0.5) is 37.7 Å². The second-order valence-electron chi connectivity index (χ2n) is 20.0. The first-order valence-electron chi connectivity index (χ1n) is 26.9. The van der Waals surface area contributed by atoms with Gasteiger partial charge < -0.3 is 45.3 Å². The van der Waals surface area contributed by atoms with Gasteiger partial charge in [-0.3, -0.25) is 33.6 Å². The maximum Gasteiger partial charge on any atom is 0.263 e. The number of piperidine rings is 2. The fraction of sp³-hybridized carbons (Fsp3) is 0.274. The molecule has 2 aromatic heterocycles. The number of amides is 4. The number of ketones is 1. The molecule has 22 heteroatoms. The third kappa shape index (κ3) is 16.6. The molecule has 6 heterocycles. The zero-order valence-corrected chi connectivity index (χ0v) is 46.3. The summed E-state index contributed by atoms with van der Waals surface area (Å²) in [5.41, 5.74) is 5.46. The van der Waals surface area contributed by atoms with E-state index in [9.17, 15) is 59.9 Å². The molecule has 440 valence electrons. The summed E-state index contributed by atoms with van der Waals surface area (Å²) in [4.78, 5) is 89.6. The number of aliphatic hydroxyl groups excluding tert-OH is 1. The van der Waals surface area contributed by atoms with E-state index in [1.165, 1.54) is 42.2 Å². The monoisotopic (exact) mass is 1160 g/mol. The molecular formula is C62H62F6N8O8. The number of halogens is 6. The molecule has 0 aliphatic carbocycles. The number of anilines is 2. The molecule has 6 aromatic rings. The third-order valence-electron chi connectivity index (χ3n) is 13.7. The molecule has 2 saturated heterocycles. The SMILES string of the molecule is CCO.CN1CCC(=C2C(=O)Nc3cc(/C=C/CNC(=O)c4cccn(Cc5cc(F)c(F)c(F)c5)c4=O)ccc32)CC1.CN1CCC(=O)CC1.O=C1Cc2ccc(/C=C/CNC(=O)c3cccn(Cc4cc(F)c(F)c(F)c4)c3=O)cc2N1. The highest BCUT2D eigenvalue weighted by molar-refractivity contribution is 6.32. The second-order valence-corrected chi connectivity index (χ2v) is 20.0. The average molecular weight is 1160 g/mol. The van der Waals surface area contributed by atoms with Crippen molar-refractivity contribution in [1.29, 1.82) is 0 Å². The van der Waals surface area contributed by atoms with Crippen molar-refractivity contribution in [3.8, 4) is 0 Å². The molecule has 0 saturated carbocycles. The molecule has 4 amide bonds. The minimum Gasteiger partial charge on any atom is -0.397 e. The van der Waals surface area contributed by atoms with E-state index in [4.69, 9.17) is 5.11 Å². The predicted molar refractivity (Wildman–Crippen MR) is 307 cm³/mol. The normalized spacial score (nSPS) is 14.8. The van der Waals surface area contributed by atoms with Gasteiger partial charge in [0, 0.05) is 93.6 Å². The lowest BCUT2D eigenvalue weighted by Gasteiger charge is -2.25. The summed E-state index contributed by atoms with van der Waals surface area (Å²) >= 11 is 0. The number of Topliss-reactive ketones (excluding diaryl/α,β-unsaturated/α-hetero) is 1. The van der Waals surface area contributed by atoms with Gasteiger partial charge in [0.15, 0.2) is 34.9 Å². The standard InChI is InChI=1S/C30H27F3N4O3.C24H18F3N3O3.C6H11NO.C2H6O/c1-36-12-8-20(9-13-36)26-21-7-6-18(16-25(21)35-29(26)39)4-2-10-34-28(38)22-5-3-11-37(30(22)40)17-19-14-23(31)27(33)24(32)15-19;25-18-9-15(10-19(26)22(18)27)13-30-8-2-4-17(24(30)33)23(32)28-7-1-3-14-5-6-16-12-21(31)29-20(16)11-14;1-7-4-2-6(8)3-5-7;1-2-3/h2-7,11,14-16H,8-10,12-13,17H2,1H3,(H,34,38)(H,35,39);1-6,8-11H,7,12-13H2,(H,28,32)(H,29,31);2-5H2,1H3;3H,2H2,1H3/b4-2+;3-1+;;. The van der Waals surface area contributed by atoms with Gasteiger partial charge in [0.2, 0.25) is 5.91 Å². The van der Waals surface area contributed by atoms with Gasteiger partial charge in [-0.1, -0.05) is 54.1 Å². The van der Waals surface area contributed by atoms with Gasteiger partial charge in [-0.25, -0.2) is 26.3 Å². The number of likely N-dealkylation sites (tertiary alicyclic amines) is 2. The van der Waals surface area contributed by atoms with Crippen molar-refractivity contribution >= 4 is 58.5 Å². The Morgan fingerprint density at radius 3 is 1.50 bits per heavy atom. The number of nitrogens with zero attached hydrogens (tertiary/aromatic N) is 4. The van der Waals surface area contributed by atoms with Crippen LogP contribution in [0.2, 0.25) is 0 Å². The number of fused-ring (bicyclic) bond motifs is 2. The zero-order chi connectivity index (χ0) is 60.6. The van der Waals surface area contributed by atoms with E-state index in [2.05, 4.69) is 38.1 Å². The Morgan fingerprint density at radius 2 is 1.04 bits per heavy atom. The Morgan fingerprint density at radius 1 is 0.595 bits per heavy atom. The van der Waals surface area contributed by atoms with E-state index >= 15 is 0 Å². The minimum atomic E-state index is -1.59. The van der Waals surface area contributed by atoms with E-state index in [0.29, 0.717) is 12.2 Å². The Hall–Kier alpha value is -8.99. The van der Waals surface area contributed by atoms with Crippen LogP contribution >= 0.6 is 0 Å². The Bertz CT molecular complexity index is 3620. The molecule has 0 unspecified atom stereocenters. The number of rotatable bonds is 12. The van der Waals surface area contributed by atoms with Crippen LogP contribution in [0.1, 0.15) is 86.7 Å². The summed E-state index contributed by atoms with van der Waals surface area (Å²) in [6.07, 6.45) is 13.3. The number of nitrogens with one attached hydrogen (secondary N) is 4. The smallest absolute Gasteiger partial charge is 0.263 e. The molecular weight excluding hydrogens is 1100 g/mol. The number of aliphatic hydroxyl groups is 1. The highest BCUT2D eigenvalue weighted by Gasteiger charge is 2.29. The summed E-state index contributed by atoms with van der Waals surface area (Å²) in [6, 6.07) is 20.1. The van der Waals surface area contributed by atoms with Crippen molar-refractivity contribution < 1.29 is 55.4 Å². The van der Waals surface area contributed by atoms with Crippen LogP contribution in [0.5, 0.6) is 0 Å². The molecule has 5 N–H and O–H groups in total. The molecule has 0 atom stereocenters. The van der Waals surface area contributed by atoms with Gasteiger partial charge >= 0.3 is 0 Å². The number of benzene rings is 4. The van der Waals surface area contributed by atoms with E-state index in [0.717, 1.165) is 124 Å². The first-order chi connectivity index (χ1) is 40.2. The van der Waals surface area contributed by atoms with Gasteiger partial charge in [0.25, 0.3) is 28.8 Å². The number of carbonyl (C=O) groups excluding carboxylic acids is 5. The van der Waals surface area contributed by atoms with Gasteiger partial charge in [0.05, 0.1) is 19.5 Å². The fourth-order valence-electron chi connectivity index (χ4n) is 9.33. The summed E-state index contributed by atoms with van der Waals surface area (Å²) in [5.74, 6) is -9.54. The lowest BCUT2D eigenvalue weighted by atomic mass is 9.93. The van der Waals surface area contributed by atoms with Crippen molar-refractivity contribution in [2.75, 3.05) is 70.6 Å². The van der Waals surface area contributed by atoms with Crippen molar-refractivity contribution in [3.05, 3.63) is 215 Å². The van der Waals surface area contributed by atoms with Gasteiger partial charge in [-0.15, -0.1) is 0 Å². The maximum absolute atomic E-state index is 13.5. The largest absolute Gasteiger partial charge is 0.397 e. The molecule has 10 rings (SSSR count). The average Bonchev–Trinajstić information content (AvgIpc) is 3.69.